The van der Waals surface area contributed by atoms with Crippen molar-refractivity contribution in [2.24, 2.45) is 0 Å². The largest absolute Gasteiger partial charge is 0.444 e. The Bertz CT molecular complexity index is 938. The average Bonchev–Trinajstić information content (AvgIpc) is 3.41. The Morgan fingerprint density at radius 3 is 2.70 bits per heavy atom. The van der Waals surface area contributed by atoms with Crippen molar-refractivity contribution in [3.63, 3.8) is 0 Å². The molecular weight excluding hydrogens is 360 g/mol. The lowest BCUT2D eigenvalue weighted by atomic mass is 9.82. The van der Waals surface area contributed by atoms with E-state index in [-0.39, 0.29) is 11.5 Å². The van der Waals surface area contributed by atoms with E-state index in [0.717, 1.165) is 44.5 Å². The minimum Gasteiger partial charge on any atom is -0.444 e. The summed E-state index contributed by atoms with van der Waals surface area (Å²) in [5, 5.41) is 2.16. The van der Waals surface area contributed by atoms with Gasteiger partial charge < -0.3 is 14.1 Å². The van der Waals surface area contributed by atoms with Crippen LogP contribution in [0, 0.1) is 0 Å². The Balaban J connectivity index is 1.30. The van der Waals surface area contributed by atoms with Crippen LogP contribution in [-0.2, 0) is 16.8 Å². The van der Waals surface area contributed by atoms with Gasteiger partial charge in [0.1, 0.15) is 0 Å². The summed E-state index contributed by atoms with van der Waals surface area (Å²) in [6, 6.07) is 9.73. The highest BCUT2D eigenvalue weighted by molar-refractivity contribution is 7.10. The summed E-state index contributed by atoms with van der Waals surface area (Å²) < 4.78 is 11.5. The molecule has 3 aromatic rings. The van der Waals surface area contributed by atoms with E-state index < -0.39 is 0 Å². The van der Waals surface area contributed by atoms with E-state index in [1.54, 1.807) is 6.20 Å². The minimum absolute atomic E-state index is 0.0790. The van der Waals surface area contributed by atoms with Crippen molar-refractivity contribution in [2.75, 3.05) is 19.7 Å². The maximum atomic E-state index is 12.9. The number of fused-ring (bicyclic) bond motifs is 2. The van der Waals surface area contributed by atoms with Crippen LogP contribution < -0.4 is 0 Å². The Morgan fingerprint density at radius 2 is 1.96 bits per heavy atom. The second kappa shape index (κ2) is 6.62. The zero-order valence-corrected chi connectivity index (χ0v) is 15.7. The van der Waals surface area contributed by atoms with Gasteiger partial charge in [-0.15, -0.1) is 11.3 Å². The van der Waals surface area contributed by atoms with Crippen LogP contribution in [0.2, 0.25) is 0 Å². The molecule has 6 heteroatoms. The van der Waals surface area contributed by atoms with Crippen LogP contribution in [-0.4, -0.2) is 35.5 Å². The van der Waals surface area contributed by atoms with Gasteiger partial charge in [-0.25, -0.2) is 4.98 Å². The standard InChI is InChI=1S/C21H20N2O3S/c24-20(16-3-1-15(2-4-16)18-13-22-14-25-18)23-9-7-21(8-10-23)17-6-12-27-19(17)5-11-26-21/h1-4,6,12-14H,5,7-11H2. The van der Waals surface area contributed by atoms with E-state index >= 15 is 0 Å². The summed E-state index contributed by atoms with van der Waals surface area (Å²) in [4.78, 5) is 20.2. The van der Waals surface area contributed by atoms with Gasteiger partial charge in [0.2, 0.25) is 0 Å². The van der Waals surface area contributed by atoms with E-state index in [1.807, 2.05) is 40.5 Å². The van der Waals surface area contributed by atoms with Gasteiger partial charge >= 0.3 is 0 Å². The number of amides is 1. The number of thiophene rings is 1. The molecule has 138 valence electrons. The first-order valence-corrected chi connectivity index (χ1v) is 10.1. The molecular formula is C21H20N2O3S. The number of benzene rings is 1. The molecule has 1 amide bonds. The molecule has 0 unspecified atom stereocenters. The fourth-order valence-electron chi connectivity index (χ4n) is 4.16. The molecule has 1 fully saturated rings. The monoisotopic (exact) mass is 380 g/mol. The number of ether oxygens (including phenoxy) is 1. The van der Waals surface area contributed by atoms with Crippen LogP contribution in [0.5, 0.6) is 0 Å². The summed E-state index contributed by atoms with van der Waals surface area (Å²) in [6.45, 7) is 2.22. The van der Waals surface area contributed by atoms with E-state index in [9.17, 15) is 4.79 Å². The predicted octanol–water partition coefficient (Wildman–Crippen LogP) is 4.11. The zero-order chi connectivity index (χ0) is 18.3. The molecule has 0 N–H and O–H groups in total. The molecule has 1 aromatic carbocycles. The molecule has 2 aliphatic rings. The molecule has 1 spiro atoms. The van der Waals surface area contributed by atoms with Gasteiger partial charge in [-0.1, -0.05) is 12.1 Å². The highest BCUT2D eigenvalue weighted by Gasteiger charge is 2.42. The quantitative estimate of drug-likeness (QED) is 0.671. The van der Waals surface area contributed by atoms with Crippen molar-refractivity contribution < 1.29 is 13.9 Å². The lowest BCUT2D eigenvalue weighted by molar-refractivity contribution is -0.0926. The number of carbonyl (C=O) groups is 1. The summed E-state index contributed by atoms with van der Waals surface area (Å²) in [5.41, 5.74) is 2.78. The topological polar surface area (TPSA) is 55.6 Å². The maximum absolute atomic E-state index is 12.9. The predicted molar refractivity (Wildman–Crippen MR) is 103 cm³/mol. The van der Waals surface area contributed by atoms with Crippen molar-refractivity contribution in [1.29, 1.82) is 0 Å². The number of hydrogen-bond donors (Lipinski definition) is 0. The third-order valence-corrected chi connectivity index (χ3v) is 6.63. The fraction of sp³-hybridized carbons (Fsp3) is 0.333. The van der Waals surface area contributed by atoms with Crippen molar-refractivity contribution in [2.45, 2.75) is 24.9 Å². The van der Waals surface area contributed by atoms with Crippen LogP contribution in [0.1, 0.15) is 33.6 Å². The van der Waals surface area contributed by atoms with Gasteiger partial charge in [-0.05, 0) is 42.0 Å². The molecule has 5 nitrogen and oxygen atoms in total. The van der Waals surface area contributed by atoms with Crippen LogP contribution in [0.25, 0.3) is 11.3 Å². The van der Waals surface area contributed by atoms with Crippen LogP contribution in [0.15, 0.2) is 52.7 Å². The first-order valence-electron chi connectivity index (χ1n) is 9.24. The molecule has 1 saturated heterocycles. The Morgan fingerprint density at radius 1 is 1.15 bits per heavy atom. The highest BCUT2D eigenvalue weighted by Crippen LogP contribution is 2.43. The number of oxazole rings is 1. The van der Waals surface area contributed by atoms with E-state index in [1.165, 1.54) is 16.8 Å². The lowest BCUT2D eigenvalue weighted by Crippen LogP contribution is -2.48. The number of carbonyl (C=O) groups excluding carboxylic acids is 1. The molecule has 27 heavy (non-hydrogen) atoms. The number of piperidine rings is 1. The normalized spacial score (nSPS) is 18.4. The number of nitrogens with zero attached hydrogens (tertiary/aromatic N) is 2. The van der Waals surface area contributed by atoms with Gasteiger partial charge in [0.05, 0.1) is 18.4 Å². The van der Waals surface area contributed by atoms with Gasteiger partial charge in [-0.2, -0.15) is 0 Å². The third-order valence-electron chi connectivity index (χ3n) is 5.65. The van der Waals surface area contributed by atoms with Crippen molar-refractivity contribution >= 4 is 17.2 Å². The molecule has 2 aromatic heterocycles. The SMILES string of the molecule is O=C(c1ccc(-c2cnco2)cc1)N1CCC2(CC1)OCCc1sccc12. The summed E-state index contributed by atoms with van der Waals surface area (Å²) in [6.07, 6.45) is 5.81. The molecule has 0 aliphatic carbocycles. The van der Waals surface area contributed by atoms with Gasteiger partial charge in [0.25, 0.3) is 5.91 Å². The Hall–Kier alpha value is -2.44. The van der Waals surface area contributed by atoms with E-state index in [2.05, 4.69) is 16.4 Å². The van der Waals surface area contributed by atoms with Gasteiger partial charge in [0, 0.05) is 35.5 Å². The van der Waals surface area contributed by atoms with Crippen LogP contribution in [0.4, 0.5) is 0 Å². The molecule has 0 saturated carbocycles. The summed E-state index contributed by atoms with van der Waals surface area (Å²) >= 11 is 1.82. The Kier molecular flexibility index (Phi) is 4.10. The minimum atomic E-state index is -0.194. The number of aromatic nitrogens is 1. The molecule has 0 atom stereocenters. The molecule has 2 aliphatic heterocycles. The van der Waals surface area contributed by atoms with E-state index in [4.69, 9.17) is 9.15 Å². The number of likely N-dealkylation sites (tertiary alicyclic amines) is 1. The van der Waals surface area contributed by atoms with Crippen molar-refractivity contribution in [1.82, 2.24) is 9.88 Å². The molecule has 5 rings (SSSR count). The second-order valence-corrected chi connectivity index (χ2v) is 8.09. The smallest absolute Gasteiger partial charge is 0.253 e. The third kappa shape index (κ3) is 2.89. The molecule has 0 bridgehead atoms. The second-order valence-electron chi connectivity index (χ2n) is 7.09. The van der Waals surface area contributed by atoms with Crippen LogP contribution >= 0.6 is 11.3 Å². The first-order chi connectivity index (χ1) is 13.3. The first kappa shape index (κ1) is 16.7. The zero-order valence-electron chi connectivity index (χ0n) is 14.9. The Labute approximate surface area is 161 Å². The summed E-state index contributed by atoms with van der Waals surface area (Å²) in [5.74, 6) is 0.783. The lowest BCUT2D eigenvalue weighted by Gasteiger charge is -2.44. The van der Waals surface area contributed by atoms with Crippen LogP contribution in [0.3, 0.4) is 0 Å². The molecule has 0 radical (unpaired) electrons. The van der Waals surface area contributed by atoms with Crippen molar-refractivity contribution in [3.05, 3.63) is 64.3 Å². The average molecular weight is 380 g/mol. The summed E-state index contributed by atoms with van der Waals surface area (Å²) in [7, 11) is 0. The van der Waals surface area contributed by atoms with Gasteiger partial charge in [0.15, 0.2) is 12.2 Å². The van der Waals surface area contributed by atoms with E-state index in [0.29, 0.717) is 11.3 Å². The maximum Gasteiger partial charge on any atom is 0.253 e. The number of hydrogen-bond acceptors (Lipinski definition) is 5. The fourth-order valence-corrected chi connectivity index (χ4v) is 5.11. The van der Waals surface area contributed by atoms with Gasteiger partial charge in [-0.3, -0.25) is 4.79 Å². The highest BCUT2D eigenvalue weighted by atomic mass is 32.1. The molecule has 4 heterocycles. The van der Waals surface area contributed by atoms with Crippen molar-refractivity contribution in [3.8, 4) is 11.3 Å². The number of rotatable bonds is 2.